The van der Waals surface area contributed by atoms with Gasteiger partial charge in [0.05, 0.1) is 12.7 Å². The fourth-order valence-electron chi connectivity index (χ4n) is 2.81. The molecule has 0 spiro atoms. The number of esters is 1. The third-order valence-electron chi connectivity index (χ3n) is 4.71. The summed E-state index contributed by atoms with van der Waals surface area (Å²) >= 11 is 0. The number of amides is 2. The molecule has 2 aromatic rings. The van der Waals surface area contributed by atoms with Crippen molar-refractivity contribution < 1.29 is 23.9 Å². The lowest BCUT2D eigenvalue weighted by Gasteiger charge is -2.16. The standard InChI is InChI=1S/C21H20N2O5/c1-13(24)15-4-3-5-17(12-15)23-20(27)21(10-11-21)19(26)22-16-8-6-14(7-9-16)18(25)28-2/h3-9,12H,10-11H2,1-2H3,(H,22,26)(H,23,27). The second-order valence-electron chi connectivity index (χ2n) is 6.70. The van der Waals surface area contributed by atoms with Gasteiger partial charge >= 0.3 is 5.97 Å². The summed E-state index contributed by atoms with van der Waals surface area (Å²) in [6.45, 7) is 1.45. The highest BCUT2D eigenvalue weighted by Crippen LogP contribution is 2.47. The van der Waals surface area contributed by atoms with E-state index in [1.807, 2.05) is 0 Å². The molecule has 7 heteroatoms. The monoisotopic (exact) mass is 380 g/mol. The number of anilines is 2. The van der Waals surface area contributed by atoms with Crippen LogP contribution in [0.15, 0.2) is 48.5 Å². The Kier molecular flexibility index (Phi) is 5.26. The summed E-state index contributed by atoms with van der Waals surface area (Å²) in [6.07, 6.45) is 0.884. The molecule has 0 saturated heterocycles. The summed E-state index contributed by atoms with van der Waals surface area (Å²) in [7, 11) is 1.29. The highest BCUT2D eigenvalue weighted by atomic mass is 16.5. The predicted molar refractivity (Wildman–Crippen MR) is 103 cm³/mol. The van der Waals surface area contributed by atoms with Crippen molar-refractivity contribution in [3.05, 3.63) is 59.7 Å². The number of Topliss-reactive ketones (excluding diaryl/α,β-unsaturated/α-hetero) is 1. The molecule has 2 aromatic carbocycles. The van der Waals surface area contributed by atoms with Crippen LogP contribution in [-0.2, 0) is 14.3 Å². The molecule has 0 heterocycles. The van der Waals surface area contributed by atoms with E-state index < -0.39 is 23.2 Å². The number of carbonyl (C=O) groups excluding carboxylic acids is 4. The summed E-state index contributed by atoms with van der Waals surface area (Å²) < 4.78 is 4.63. The van der Waals surface area contributed by atoms with Gasteiger partial charge in [0.1, 0.15) is 5.41 Å². The van der Waals surface area contributed by atoms with E-state index in [1.165, 1.54) is 26.2 Å². The molecule has 0 bridgehead atoms. The van der Waals surface area contributed by atoms with Crippen molar-refractivity contribution >= 4 is 34.9 Å². The highest BCUT2D eigenvalue weighted by molar-refractivity contribution is 6.17. The minimum absolute atomic E-state index is 0.106. The minimum atomic E-state index is -1.13. The topological polar surface area (TPSA) is 102 Å². The molecule has 1 aliphatic rings. The highest BCUT2D eigenvalue weighted by Gasteiger charge is 2.56. The average Bonchev–Trinajstić information content (AvgIpc) is 3.50. The molecule has 0 unspecified atom stereocenters. The van der Waals surface area contributed by atoms with Gasteiger partial charge in [-0.25, -0.2) is 4.79 Å². The fraction of sp³-hybridized carbons (Fsp3) is 0.238. The normalized spacial score (nSPS) is 13.9. The minimum Gasteiger partial charge on any atom is -0.465 e. The van der Waals surface area contributed by atoms with E-state index in [0.29, 0.717) is 35.3 Å². The lowest BCUT2D eigenvalue weighted by Crippen LogP contribution is -2.35. The Bertz CT molecular complexity index is 946. The average molecular weight is 380 g/mol. The van der Waals surface area contributed by atoms with Crippen molar-refractivity contribution in [3.8, 4) is 0 Å². The van der Waals surface area contributed by atoms with Crippen molar-refractivity contribution in [1.29, 1.82) is 0 Å². The van der Waals surface area contributed by atoms with Gasteiger partial charge in [0.25, 0.3) is 0 Å². The van der Waals surface area contributed by atoms with Crippen molar-refractivity contribution in [2.45, 2.75) is 19.8 Å². The largest absolute Gasteiger partial charge is 0.465 e. The van der Waals surface area contributed by atoms with Crippen LogP contribution in [0.2, 0.25) is 0 Å². The van der Waals surface area contributed by atoms with E-state index in [9.17, 15) is 19.2 Å². The van der Waals surface area contributed by atoms with Crippen LogP contribution < -0.4 is 10.6 Å². The zero-order chi connectivity index (χ0) is 20.3. The number of ketones is 1. The lowest BCUT2D eigenvalue weighted by atomic mass is 10.0. The van der Waals surface area contributed by atoms with Crippen LogP contribution >= 0.6 is 0 Å². The summed E-state index contributed by atoms with van der Waals surface area (Å²) in [4.78, 5) is 48.3. The van der Waals surface area contributed by atoms with Crippen LogP contribution in [0.4, 0.5) is 11.4 Å². The van der Waals surface area contributed by atoms with E-state index in [-0.39, 0.29) is 5.78 Å². The lowest BCUT2D eigenvalue weighted by molar-refractivity contribution is -0.131. The van der Waals surface area contributed by atoms with Crippen LogP contribution in [0, 0.1) is 5.41 Å². The number of carbonyl (C=O) groups is 4. The molecule has 0 atom stereocenters. The smallest absolute Gasteiger partial charge is 0.337 e. The zero-order valence-corrected chi connectivity index (χ0v) is 15.6. The van der Waals surface area contributed by atoms with Gasteiger partial charge < -0.3 is 15.4 Å². The summed E-state index contributed by atoms with van der Waals surface area (Å²) in [6, 6.07) is 12.8. The molecule has 1 fully saturated rings. The molecule has 7 nitrogen and oxygen atoms in total. The van der Waals surface area contributed by atoms with Gasteiger partial charge in [-0.3, -0.25) is 14.4 Å². The second kappa shape index (κ2) is 7.64. The summed E-state index contributed by atoms with van der Waals surface area (Å²) in [5.41, 5.74) is 0.671. The van der Waals surface area contributed by atoms with E-state index in [0.717, 1.165) is 0 Å². The van der Waals surface area contributed by atoms with Crippen LogP contribution in [0.5, 0.6) is 0 Å². The van der Waals surface area contributed by atoms with Crippen molar-refractivity contribution in [3.63, 3.8) is 0 Å². The van der Waals surface area contributed by atoms with Crippen LogP contribution in [0.1, 0.15) is 40.5 Å². The quantitative estimate of drug-likeness (QED) is 0.456. The van der Waals surface area contributed by atoms with Gasteiger partial charge in [-0.05, 0) is 56.2 Å². The maximum Gasteiger partial charge on any atom is 0.337 e. The molecular weight excluding hydrogens is 360 g/mol. The van der Waals surface area contributed by atoms with Crippen molar-refractivity contribution in [2.75, 3.05) is 17.7 Å². The molecule has 1 saturated carbocycles. The third kappa shape index (κ3) is 3.93. The van der Waals surface area contributed by atoms with Crippen molar-refractivity contribution in [2.24, 2.45) is 5.41 Å². The van der Waals surface area contributed by atoms with Gasteiger partial charge in [-0.15, -0.1) is 0 Å². The second-order valence-corrected chi connectivity index (χ2v) is 6.70. The van der Waals surface area contributed by atoms with E-state index >= 15 is 0 Å². The number of ether oxygens (including phenoxy) is 1. The Labute approximate surface area is 162 Å². The summed E-state index contributed by atoms with van der Waals surface area (Å²) in [5.74, 6) is -1.38. The zero-order valence-electron chi connectivity index (χ0n) is 15.6. The Balaban J connectivity index is 1.68. The summed E-state index contributed by atoms with van der Waals surface area (Å²) in [5, 5.41) is 5.44. The number of rotatable bonds is 6. The third-order valence-corrected chi connectivity index (χ3v) is 4.71. The predicted octanol–water partition coefficient (Wildman–Crippen LogP) is 3.03. The van der Waals surface area contributed by atoms with Gasteiger partial charge in [-0.1, -0.05) is 12.1 Å². The maximum atomic E-state index is 12.7. The maximum absolute atomic E-state index is 12.7. The molecule has 0 radical (unpaired) electrons. The molecule has 0 aromatic heterocycles. The first-order chi connectivity index (χ1) is 13.4. The van der Waals surface area contributed by atoms with E-state index in [4.69, 9.17) is 0 Å². The first-order valence-electron chi connectivity index (χ1n) is 8.78. The number of nitrogens with one attached hydrogen (secondary N) is 2. The Morgan fingerprint density at radius 1 is 0.857 bits per heavy atom. The van der Waals surface area contributed by atoms with E-state index in [2.05, 4.69) is 15.4 Å². The molecule has 1 aliphatic carbocycles. The Morgan fingerprint density at radius 3 is 2.00 bits per heavy atom. The number of benzene rings is 2. The van der Waals surface area contributed by atoms with Crippen LogP contribution in [0.25, 0.3) is 0 Å². The molecule has 0 aliphatic heterocycles. The SMILES string of the molecule is COC(=O)c1ccc(NC(=O)C2(C(=O)Nc3cccc(C(C)=O)c3)CC2)cc1. The van der Waals surface area contributed by atoms with Gasteiger partial charge in [0.15, 0.2) is 5.78 Å². The molecule has 2 amide bonds. The molecular formula is C21H20N2O5. The number of hydrogen-bond donors (Lipinski definition) is 2. The van der Waals surface area contributed by atoms with Gasteiger partial charge in [0.2, 0.25) is 11.8 Å². The Morgan fingerprint density at radius 2 is 1.46 bits per heavy atom. The number of methoxy groups -OCH3 is 1. The van der Waals surface area contributed by atoms with Crippen LogP contribution in [-0.4, -0.2) is 30.7 Å². The first kappa shape index (κ1) is 19.3. The first-order valence-corrected chi connectivity index (χ1v) is 8.78. The fourth-order valence-corrected chi connectivity index (χ4v) is 2.81. The van der Waals surface area contributed by atoms with E-state index in [1.54, 1.807) is 36.4 Å². The van der Waals surface area contributed by atoms with Gasteiger partial charge in [0, 0.05) is 16.9 Å². The van der Waals surface area contributed by atoms with Gasteiger partial charge in [-0.2, -0.15) is 0 Å². The molecule has 28 heavy (non-hydrogen) atoms. The molecule has 2 N–H and O–H groups in total. The number of hydrogen-bond acceptors (Lipinski definition) is 5. The molecule has 144 valence electrons. The van der Waals surface area contributed by atoms with Crippen molar-refractivity contribution in [1.82, 2.24) is 0 Å². The Hall–Kier alpha value is -3.48. The molecule has 3 rings (SSSR count). The van der Waals surface area contributed by atoms with Crippen LogP contribution in [0.3, 0.4) is 0 Å².